The van der Waals surface area contributed by atoms with Gasteiger partial charge in [-0.1, -0.05) is 6.07 Å². The molecule has 1 aromatic carbocycles. The normalized spacial score (nSPS) is 10.5. The van der Waals surface area contributed by atoms with Crippen molar-refractivity contribution in [1.29, 1.82) is 0 Å². The van der Waals surface area contributed by atoms with Crippen LogP contribution in [0.5, 0.6) is 5.75 Å². The number of ether oxygens (including phenoxy) is 1. The molecule has 0 unspecified atom stereocenters. The molecule has 1 aromatic heterocycles. The second kappa shape index (κ2) is 7.38. The van der Waals surface area contributed by atoms with E-state index in [1.165, 1.54) is 6.07 Å². The zero-order valence-corrected chi connectivity index (χ0v) is 13.3. The summed E-state index contributed by atoms with van der Waals surface area (Å²) in [6.45, 7) is 1.10. The Labute approximate surface area is 131 Å². The average molecular weight is 354 g/mol. The zero-order valence-electron chi connectivity index (χ0n) is 11.7. The van der Waals surface area contributed by atoms with Crippen molar-refractivity contribution in [2.45, 2.75) is 6.42 Å². The van der Waals surface area contributed by atoms with Gasteiger partial charge in [0.1, 0.15) is 5.75 Å². The van der Waals surface area contributed by atoms with Gasteiger partial charge in [0, 0.05) is 29.0 Å². The number of halogens is 2. The Hall–Kier alpha value is -1.66. The topological polar surface area (TPSA) is 51.4 Å². The maximum Gasteiger partial charge on any atom is 0.169 e. The molecular formula is C15H17BrFN3O. The van der Waals surface area contributed by atoms with Gasteiger partial charge in [-0.15, -0.1) is 0 Å². The number of hydrogen-bond donors (Lipinski definition) is 1. The summed E-state index contributed by atoms with van der Waals surface area (Å²) in [6.07, 6.45) is 2.31. The lowest BCUT2D eigenvalue weighted by Crippen LogP contribution is -2.23. The van der Waals surface area contributed by atoms with E-state index in [0.717, 1.165) is 12.1 Å². The third-order valence-electron chi connectivity index (χ3n) is 2.99. The summed E-state index contributed by atoms with van der Waals surface area (Å²) >= 11 is 3.22. The highest BCUT2D eigenvalue weighted by atomic mass is 79.9. The summed E-state index contributed by atoms with van der Waals surface area (Å²) in [4.78, 5) is 5.99. The molecular weight excluding hydrogens is 337 g/mol. The Bertz CT molecular complexity index is 609. The molecule has 112 valence electrons. The Kier molecular flexibility index (Phi) is 5.52. The Morgan fingerprint density at radius 1 is 1.38 bits per heavy atom. The van der Waals surface area contributed by atoms with Crippen LogP contribution in [0.3, 0.4) is 0 Å². The van der Waals surface area contributed by atoms with Crippen molar-refractivity contribution in [3.63, 3.8) is 0 Å². The zero-order chi connectivity index (χ0) is 15.2. The van der Waals surface area contributed by atoms with Crippen LogP contribution in [0.1, 0.15) is 6.42 Å². The minimum atomic E-state index is -0.385. The first-order valence-corrected chi connectivity index (χ1v) is 7.37. The number of anilines is 2. The molecule has 6 heteroatoms. The Balaban J connectivity index is 2.41. The van der Waals surface area contributed by atoms with Crippen LogP contribution < -0.4 is 15.4 Å². The van der Waals surface area contributed by atoms with Crippen LogP contribution in [-0.4, -0.2) is 25.2 Å². The number of pyridine rings is 1. The molecule has 1 heterocycles. The van der Waals surface area contributed by atoms with Gasteiger partial charge in [-0.2, -0.15) is 0 Å². The van der Waals surface area contributed by atoms with Crippen molar-refractivity contribution in [2.24, 2.45) is 5.73 Å². The van der Waals surface area contributed by atoms with Crippen LogP contribution in [0.15, 0.2) is 41.0 Å². The fourth-order valence-corrected chi connectivity index (χ4v) is 2.29. The van der Waals surface area contributed by atoms with E-state index >= 15 is 0 Å². The number of methoxy groups -OCH3 is 1. The highest BCUT2D eigenvalue weighted by Gasteiger charge is 2.16. The van der Waals surface area contributed by atoms with Crippen molar-refractivity contribution in [2.75, 3.05) is 25.1 Å². The van der Waals surface area contributed by atoms with Gasteiger partial charge in [0.15, 0.2) is 11.6 Å². The maximum absolute atomic E-state index is 14.2. The monoisotopic (exact) mass is 353 g/mol. The first-order chi connectivity index (χ1) is 10.2. The molecule has 21 heavy (non-hydrogen) atoms. The van der Waals surface area contributed by atoms with Gasteiger partial charge < -0.3 is 15.4 Å². The van der Waals surface area contributed by atoms with Crippen molar-refractivity contribution < 1.29 is 9.13 Å². The van der Waals surface area contributed by atoms with E-state index in [1.54, 1.807) is 18.2 Å². The average Bonchev–Trinajstić information content (AvgIpc) is 2.49. The molecule has 0 saturated heterocycles. The SMILES string of the molecule is COc1cccc(N(CCCN)c2ncc(Br)cc2F)c1. The van der Waals surface area contributed by atoms with Gasteiger partial charge >= 0.3 is 0 Å². The number of aromatic nitrogens is 1. The van der Waals surface area contributed by atoms with Crippen LogP contribution in [0.25, 0.3) is 0 Å². The molecule has 0 saturated carbocycles. The standard InChI is InChI=1S/C15H17BrFN3O/c1-21-13-5-2-4-12(9-13)20(7-3-6-18)15-14(17)8-11(16)10-19-15/h2,4-5,8-10H,3,6-7,18H2,1H3. The van der Waals surface area contributed by atoms with Gasteiger partial charge in [-0.25, -0.2) is 9.37 Å². The summed E-state index contributed by atoms with van der Waals surface area (Å²) in [5.74, 6) is 0.604. The summed E-state index contributed by atoms with van der Waals surface area (Å²) in [6, 6.07) is 8.84. The predicted molar refractivity (Wildman–Crippen MR) is 85.6 cm³/mol. The smallest absolute Gasteiger partial charge is 0.169 e. The molecule has 2 aromatic rings. The van der Waals surface area contributed by atoms with Gasteiger partial charge in [-0.3, -0.25) is 0 Å². The highest BCUT2D eigenvalue weighted by molar-refractivity contribution is 9.10. The number of benzene rings is 1. The molecule has 0 fully saturated rings. The number of nitrogens with two attached hydrogens (primary N) is 1. The van der Waals surface area contributed by atoms with Gasteiger partial charge in [0.25, 0.3) is 0 Å². The fraction of sp³-hybridized carbons (Fsp3) is 0.267. The second-order valence-corrected chi connectivity index (χ2v) is 5.37. The summed E-state index contributed by atoms with van der Waals surface area (Å²) in [5, 5.41) is 0. The van der Waals surface area contributed by atoms with E-state index in [-0.39, 0.29) is 11.6 Å². The molecule has 0 aliphatic rings. The van der Waals surface area contributed by atoms with Crippen LogP contribution in [-0.2, 0) is 0 Å². The van der Waals surface area contributed by atoms with Gasteiger partial charge in [0.2, 0.25) is 0 Å². The van der Waals surface area contributed by atoms with Crippen molar-refractivity contribution in [3.05, 3.63) is 46.8 Å². The summed E-state index contributed by atoms with van der Waals surface area (Å²) in [5.41, 5.74) is 6.39. The van der Waals surface area contributed by atoms with E-state index < -0.39 is 0 Å². The number of rotatable bonds is 6. The minimum absolute atomic E-state index is 0.278. The van der Waals surface area contributed by atoms with E-state index in [9.17, 15) is 4.39 Å². The maximum atomic E-state index is 14.2. The van der Waals surface area contributed by atoms with Crippen LogP contribution in [0.4, 0.5) is 15.9 Å². The van der Waals surface area contributed by atoms with Crippen LogP contribution in [0.2, 0.25) is 0 Å². The predicted octanol–water partition coefficient (Wildman–Crippen LogP) is 3.48. The molecule has 0 amide bonds. The van der Waals surface area contributed by atoms with Gasteiger partial charge in [0.05, 0.1) is 7.11 Å². The Morgan fingerprint density at radius 3 is 2.86 bits per heavy atom. The second-order valence-electron chi connectivity index (χ2n) is 4.45. The van der Waals surface area contributed by atoms with E-state index in [1.807, 2.05) is 24.3 Å². The van der Waals surface area contributed by atoms with Crippen molar-refractivity contribution >= 4 is 27.4 Å². The number of nitrogens with zero attached hydrogens (tertiary/aromatic N) is 2. The third-order valence-corrected chi connectivity index (χ3v) is 3.43. The molecule has 0 spiro atoms. The summed E-state index contributed by atoms with van der Waals surface area (Å²) < 4.78 is 20.0. The lowest BCUT2D eigenvalue weighted by Gasteiger charge is -2.24. The number of hydrogen-bond acceptors (Lipinski definition) is 4. The van der Waals surface area contributed by atoms with Crippen LogP contribution >= 0.6 is 15.9 Å². The van der Waals surface area contributed by atoms with Gasteiger partial charge in [-0.05, 0) is 47.1 Å². The van der Waals surface area contributed by atoms with E-state index in [0.29, 0.717) is 23.3 Å². The van der Waals surface area contributed by atoms with Crippen molar-refractivity contribution in [1.82, 2.24) is 4.98 Å². The van der Waals surface area contributed by atoms with E-state index in [4.69, 9.17) is 10.5 Å². The molecule has 0 aliphatic carbocycles. The molecule has 0 bridgehead atoms. The molecule has 0 aliphatic heterocycles. The molecule has 0 atom stereocenters. The molecule has 0 radical (unpaired) electrons. The molecule has 2 N–H and O–H groups in total. The fourth-order valence-electron chi connectivity index (χ4n) is 1.99. The molecule has 2 rings (SSSR count). The van der Waals surface area contributed by atoms with E-state index in [2.05, 4.69) is 20.9 Å². The third kappa shape index (κ3) is 3.92. The lowest BCUT2D eigenvalue weighted by molar-refractivity contribution is 0.415. The van der Waals surface area contributed by atoms with Crippen LogP contribution in [0, 0.1) is 5.82 Å². The molecule has 4 nitrogen and oxygen atoms in total. The first kappa shape index (κ1) is 15.7. The highest BCUT2D eigenvalue weighted by Crippen LogP contribution is 2.29. The quantitative estimate of drug-likeness (QED) is 0.863. The lowest BCUT2D eigenvalue weighted by atomic mass is 10.2. The first-order valence-electron chi connectivity index (χ1n) is 6.58. The Morgan fingerprint density at radius 2 is 2.19 bits per heavy atom. The minimum Gasteiger partial charge on any atom is -0.497 e. The largest absolute Gasteiger partial charge is 0.497 e. The summed E-state index contributed by atoms with van der Waals surface area (Å²) in [7, 11) is 1.60. The van der Waals surface area contributed by atoms with Crippen molar-refractivity contribution in [3.8, 4) is 5.75 Å².